The highest BCUT2D eigenvalue weighted by atomic mass is 16.3. The molecule has 0 radical (unpaired) electrons. The molecule has 14 heavy (non-hydrogen) atoms. The normalized spacial score (nSPS) is 31.2. The third kappa shape index (κ3) is 1.40. The molecule has 1 heterocycles. The SMILES string of the molecule is Cc1cnc(C2(CN)CC(O)C2)cn1. The minimum absolute atomic E-state index is 0.125. The Hall–Kier alpha value is -1.00. The fourth-order valence-corrected chi connectivity index (χ4v) is 1.99. The summed E-state index contributed by atoms with van der Waals surface area (Å²) in [5, 5.41) is 9.33. The molecule has 2 rings (SSSR count). The van der Waals surface area contributed by atoms with Gasteiger partial charge in [-0.05, 0) is 19.8 Å². The minimum Gasteiger partial charge on any atom is -0.393 e. The summed E-state index contributed by atoms with van der Waals surface area (Å²) in [4.78, 5) is 8.52. The summed E-state index contributed by atoms with van der Waals surface area (Å²) in [6, 6.07) is 0. The van der Waals surface area contributed by atoms with E-state index in [1.807, 2.05) is 6.92 Å². The zero-order valence-electron chi connectivity index (χ0n) is 8.27. The second-order valence-electron chi connectivity index (χ2n) is 4.09. The van der Waals surface area contributed by atoms with Crippen LogP contribution in [0.2, 0.25) is 0 Å². The third-order valence-corrected chi connectivity index (χ3v) is 2.97. The van der Waals surface area contributed by atoms with E-state index in [0.29, 0.717) is 19.4 Å². The van der Waals surface area contributed by atoms with E-state index >= 15 is 0 Å². The minimum atomic E-state index is -0.221. The summed E-state index contributed by atoms with van der Waals surface area (Å²) in [6.45, 7) is 2.43. The maximum Gasteiger partial charge on any atom is 0.0663 e. The highest BCUT2D eigenvalue weighted by molar-refractivity contribution is 5.21. The molecule has 0 bridgehead atoms. The molecule has 0 aliphatic heterocycles. The van der Waals surface area contributed by atoms with Crippen molar-refractivity contribution < 1.29 is 5.11 Å². The van der Waals surface area contributed by atoms with Crippen LogP contribution in [0.3, 0.4) is 0 Å². The van der Waals surface area contributed by atoms with Crippen LogP contribution in [0.25, 0.3) is 0 Å². The van der Waals surface area contributed by atoms with Gasteiger partial charge in [-0.2, -0.15) is 0 Å². The summed E-state index contributed by atoms with van der Waals surface area (Å²) in [6.07, 6.45) is 4.72. The number of rotatable bonds is 2. The molecule has 76 valence electrons. The van der Waals surface area contributed by atoms with Crippen molar-refractivity contribution in [2.24, 2.45) is 5.73 Å². The topological polar surface area (TPSA) is 72.0 Å². The Balaban J connectivity index is 2.25. The average molecular weight is 193 g/mol. The van der Waals surface area contributed by atoms with Crippen molar-refractivity contribution >= 4 is 0 Å². The number of aliphatic hydroxyl groups excluding tert-OH is 1. The lowest BCUT2D eigenvalue weighted by molar-refractivity contribution is 0.0199. The fourth-order valence-electron chi connectivity index (χ4n) is 1.99. The van der Waals surface area contributed by atoms with Crippen molar-refractivity contribution in [2.75, 3.05) is 6.54 Å². The van der Waals surface area contributed by atoms with E-state index < -0.39 is 0 Å². The quantitative estimate of drug-likeness (QED) is 0.700. The zero-order chi connectivity index (χ0) is 10.2. The van der Waals surface area contributed by atoms with Crippen LogP contribution in [-0.2, 0) is 5.41 Å². The Morgan fingerprint density at radius 2 is 2.21 bits per heavy atom. The van der Waals surface area contributed by atoms with Crippen LogP contribution in [0.4, 0.5) is 0 Å². The third-order valence-electron chi connectivity index (χ3n) is 2.97. The molecular formula is C10H15N3O. The van der Waals surface area contributed by atoms with Crippen molar-refractivity contribution in [3.63, 3.8) is 0 Å². The molecule has 0 unspecified atom stereocenters. The molecule has 0 aromatic carbocycles. The van der Waals surface area contributed by atoms with Crippen LogP contribution < -0.4 is 5.73 Å². The van der Waals surface area contributed by atoms with E-state index in [-0.39, 0.29) is 11.5 Å². The largest absolute Gasteiger partial charge is 0.393 e. The van der Waals surface area contributed by atoms with Crippen molar-refractivity contribution in [1.82, 2.24) is 9.97 Å². The van der Waals surface area contributed by atoms with Crippen molar-refractivity contribution in [1.29, 1.82) is 0 Å². The highest BCUT2D eigenvalue weighted by Crippen LogP contribution is 2.41. The number of aromatic nitrogens is 2. The molecule has 0 saturated heterocycles. The van der Waals surface area contributed by atoms with Gasteiger partial charge >= 0.3 is 0 Å². The van der Waals surface area contributed by atoms with E-state index in [0.717, 1.165) is 11.4 Å². The Bertz CT molecular complexity index is 317. The van der Waals surface area contributed by atoms with E-state index in [1.165, 1.54) is 0 Å². The van der Waals surface area contributed by atoms with Gasteiger partial charge in [-0.1, -0.05) is 0 Å². The van der Waals surface area contributed by atoms with E-state index in [4.69, 9.17) is 5.73 Å². The molecule has 1 saturated carbocycles. The first-order valence-electron chi connectivity index (χ1n) is 4.83. The maximum absolute atomic E-state index is 9.33. The monoisotopic (exact) mass is 193 g/mol. The van der Waals surface area contributed by atoms with Crippen molar-refractivity contribution in [2.45, 2.75) is 31.3 Å². The van der Waals surface area contributed by atoms with Gasteiger partial charge in [-0.15, -0.1) is 0 Å². The predicted molar refractivity (Wildman–Crippen MR) is 52.7 cm³/mol. The van der Waals surface area contributed by atoms with E-state index in [2.05, 4.69) is 9.97 Å². The first kappa shape index (κ1) is 9.55. The standard InChI is InChI=1S/C10H15N3O/c1-7-4-13-9(5-12-7)10(6-11)2-8(14)3-10/h4-5,8,14H,2-3,6,11H2,1H3. The predicted octanol–water partition coefficient (Wildman–Crippen LogP) is 0.136. The summed E-state index contributed by atoms with van der Waals surface area (Å²) in [5.74, 6) is 0. The van der Waals surface area contributed by atoms with Crippen LogP contribution in [0, 0.1) is 6.92 Å². The van der Waals surface area contributed by atoms with Crippen LogP contribution in [0.15, 0.2) is 12.4 Å². The second kappa shape index (κ2) is 3.29. The molecule has 3 N–H and O–H groups in total. The van der Waals surface area contributed by atoms with Crippen LogP contribution in [0.1, 0.15) is 24.2 Å². The first-order valence-corrected chi connectivity index (χ1v) is 4.83. The van der Waals surface area contributed by atoms with Gasteiger partial charge in [0.15, 0.2) is 0 Å². The Morgan fingerprint density at radius 3 is 2.64 bits per heavy atom. The van der Waals surface area contributed by atoms with Gasteiger partial charge in [0.05, 0.1) is 17.5 Å². The second-order valence-corrected chi connectivity index (χ2v) is 4.09. The number of hydrogen-bond acceptors (Lipinski definition) is 4. The molecule has 1 aliphatic rings. The van der Waals surface area contributed by atoms with Gasteiger partial charge < -0.3 is 10.8 Å². The average Bonchev–Trinajstić information content (AvgIpc) is 2.14. The lowest BCUT2D eigenvalue weighted by Gasteiger charge is -2.43. The lowest BCUT2D eigenvalue weighted by Crippen LogP contribution is -2.50. The van der Waals surface area contributed by atoms with Gasteiger partial charge in [0.1, 0.15) is 0 Å². The number of hydrogen-bond donors (Lipinski definition) is 2. The first-order chi connectivity index (χ1) is 6.66. The van der Waals surface area contributed by atoms with E-state index in [1.54, 1.807) is 12.4 Å². The number of nitrogens with two attached hydrogens (primary N) is 1. The van der Waals surface area contributed by atoms with Crippen molar-refractivity contribution in [3.8, 4) is 0 Å². The number of aryl methyl sites for hydroxylation is 1. The van der Waals surface area contributed by atoms with Crippen LogP contribution in [0.5, 0.6) is 0 Å². The highest BCUT2D eigenvalue weighted by Gasteiger charge is 2.45. The fraction of sp³-hybridized carbons (Fsp3) is 0.600. The molecule has 1 aromatic heterocycles. The van der Waals surface area contributed by atoms with Crippen LogP contribution >= 0.6 is 0 Å². The summed E-state index contributed by atoms with van der Waals surface area (Å²) < 4.78 is 0. The molecule has 0 amide bonds. The van der Waals surface area contributed by atoms with Gasteiger partial charge in [-0.3, -0.25) is 9.97 Å². The smallest absolute Gasteiger partial charge is 0.0663 e. The lowest BCUT2D eigenvalue weighted by atomic mass is 9.65. The van der Waals surface area contributed by atoms with Gasteiger partial charge in [0.2, 0.25) is 0 Å². The molecular weight excluding hydrogens is 178 g/mol. The summed E-state index contributed by atoms with van der Waals surface area (Å²) in [7, 11) is 0. The number of nitrogens with zero attached hydrogens (tertiary/aromatic N) is 2. The Labute approximate surface area is 83.2 Å². The molecule has 4 nitrogen and oxygen atoms in total. The molecule has 4 heteroatoms. The molecule has 1 aliphatic carbocycles. The summed E-state index contributed by atoms with van der Waals surface area (Å²) >= 11 is 0. The Kier molecular flexibility index (Phi) is 2.25. The van der Waals surface area contributed by atoms with Crippen molar-refractivity contribution in [3.05, 3.63) is 23.8 Å². The maximum atomic E-state index is 9.33. The molecule has 0 atom stereocenters. The van der Waals surface area contributed by atoms with Gasteiger partial charge in [-0.25, -0.2) is 0 Å². The molecule has 1 fully saturated rings. The summed E-state index contributed by atoms with van der Waals surface area (Å²) in [5.41, 5.74) is 7.41. The van der Waals surface area contributed by atoms with Crippen LogP contribution in [-0.4, -0.2) is 27.7 Å². The van der Waals surface area contributed by atoms with Gasteiger partial charge in [0, 0.05) is 24.4 Å². The Morgan fingerprint density at radius 1 is 1.50 bits per heavy atom. The van der Waals surface area contributed by atoms with E-state index in [9.17, 15) is 5.11 Å². The van der Waals surface area contributed by atoms with Gasteiger partial charge in [0.25, 0.3) is 0 Å². The number of aliphatic hydroxyl groups is 1. The molecule has 1 aromatic rings. The zero-order valence-corrected chi connectivity index (χ0v) is 8.27. The molecule has 0 spiro atoms.